The van der Waals surface area contributed by atoms with Crippen molar-refractivity contribution >= 4 is 16.0 Å². The number of ether oxygens (including phenoxy) is 1. The molecule has 0 aromatic carbocycles. The molecule has 1 rings (SSSR count). The van der Waals surface area contributed by atoms with Crippen LogP contribution in [0.4, 0.5) is 0 Å². The van der Waals surface area contributed by atoms with Crippen molar-refractivity contribution in [2.45, 2.75) is 11.4 Å². The molecule has 0 bridgehead atoms. The Labute approximate surface area is 98.2 Å². The van der Waals surface area contributed by atoms with E-state index in [-0.39, 0.29) is 4.90 Å². The fourth-order valence-corrected chi connectivity index (χ4v) is 1.96. The Morgan fingerprint density at radius 2 is 2.35 bits per heavy atom. The Kier molecular flexibility index (Phi) is 4.61. The zero-order valence-electron chi connectivity index (χ0n) is 9.16. The molecule has 96 valence electrons. The third-order valence-corrected chi connectivity index (χ3v) is 3.21. The highest BCUT2D eigenvalue weighted by molar-refractivity contribution is 7.89. The van der Waals surface area contributed by atoms with Crippen molar-refractivity contribution in [3.8, 4) is 0 Å². The lowest BCUT2D eigenvalue weighted by atomic mass is 10.7. The van der Waals surface area contributed by atoms with Crippen LogP contribution in [0.1, 0.15) is 0 Å². The highest BCUT2D eigenvalue weighted by atomic mass is 32.2. The molecule has 0 amide bonds. The summed E-state index contributed by atoms with van der Waals surface area (Å²) >= 11 is 0. The highest BCUT2D eigenvalue weighted by Gasteiger charge is 2.17. The number of hydrogen-bond acceptors (Lipinski definition) is 5. The molecule has 2 N–H and O–H groups in total. The lowest BCUT2D eigenvalue weighted by molar-refractivity contribution is -0.135. The minimum absolute atomic E-state index is 0.0742. The summed E-state index contributed by atoms with van der Waals surface area (Å²) in [6, 6.07) is 0. The summed E-state index contributed by atoms with van der Waals surface area (Å²) < 4.78 is 31.3. The number of nitrogens with zero attached hydrogens (tertiary/aromatic N) is 2. The van der Waals surface area contributed by atoms with E-state index in [0.717, 1.165) is 6.20 Å². The lowest BCUT2D eigenvalue weighted by Crippen LogP contribution is -2.29. The Morgan fingerprint density at radius 3 is 2.94 bits per heavy atom. The zero-order chi connectivity index (χ0) is 12.9. The first-order valence-corrected chi connectivity index (χ1v) is 6.17. The molecule has 0 radical (unpaired) electrons. The Balaban J connectivity index is 2.71. The number of sulfonamides is 1. The van der Waals surface area contributed by atoms with Crippen molar-refractivity contribution < 1.29 is 23.1 Å². The van der Waals surface area contributed by atoms with Gasteiger partial charge in [-0.2, -0.15) is 9.82 Å². The van der Waals surface area contributed by atoms with Crippen molar-refractivity contribution in [1.82, 2.24) is 14.5 Å². The molecule has 1 aromatic rings. The first-order chi connectivity index (χ1) is 7.95. The van der Waals surface area contributed by atoms with E-state index in [9.17, 15) is 13.2 Å². The summed E-state index contributed by atoms with van der Waals surface area (Å²) in [6.07, 6.45) is 2.46. The van der Waals surface area contributed by atoms with Crippen molar-refractivity contribution in [3.05, 3.63) is 12.4 Å². The van der Waals surface area contributed by atoms with Crippen molar-refractivity contribution in [2.24, 2.45) is 0 Å². The van der Waals surface area contributed by atoms with Gasteiger partial charge in [0.25, 0.3) is 0 Å². The van der Waals surface area contributed by atoms with Crippen LogP contribution in [0.25, 0.3) is 0 Å². The van der Waals surface area contributed by atoms with E-state index in [1.807, 2.05) is 4.72 Å². The van der Waals surface area contributed by atoms with E-state index in [0.29, 0.717) is 13.2 Å². The maximum absolute atomic E-state index is 11.6. The van der Waals surface area contributed by atoms with Gasteiger partial charge in [-0.25, -0.2) is 8.42 Å². The first kappa shape index (κ1) is 13.6. The summed E-state index contributed by atoms with van der Waals surface area (Å²) in [6.45, 7) is 0.167. The molecule has 0 saturated heterocycles. The predicted molar refractivity (Wildman–Crippen MR) is 56.9 cm³/mol. The zero-order valence-corrected chi connectivity index (χ0v) is 9.98. The van der Waals surface area contributed by atoms with Gasteiger partial charge < -0.3 is 9.84 Å². The number of carboxylic acids is 1. The number of aromatic nitrogens is 2. The minimum Gasteiger partial charge on any atom is -0.480 e. The second kappa shape index (κ2) is 5.75. The predicted octanol–water partition coefficient (Wildman–Crippen LogP) is -1.11. The quantitative estimate of drug-likeness (QED) is 0.645. The molecule has 8 nitrogen and oxygen atoms in total. The van der Waals surface area contributed by atoms with Crippen LogP contribution in [0.3, 0.4) is 0 Å². The third kappa shape index (κ3) is 4.13. The normalized spacial score (nSPS) is 11.6. The van der Waals surface area contributed by atoms with Crippen LogP contribution < -0.4 is 4.72 Å². The maximum atomic E-state index is 11.6. The second-order valence-electron chi connectivity index (χ2n) is 3.15. The molecule has 0 aliphatic carbocycles. The largest absolute Gasteiger partial charge is 0.480 e. The number of carbonyl (C=O) groups is 1. The van der Waals surface area contributed by atoms with Crippen molar-refractivity contribution in [2.75, 3.05) is 20.3 Å². The molecule has 0 unspecified atom stereocenters. The summed E-state index contributed by atoms with van der Waals surface area (Å²) in [5, 5.41) is 12.2. The summed E-state index contributed by atoms with van der Waals surface area (Å²) in [4.78, 5) is 10.2. The van der Waals surface area contributed by atoms with Gasteiger partial charge in [0.2, 0.25) is 10.0 Å². The molecule has 0 fully saturated rings. The number of nitrogens with one attached hydrogen (secondary N) is 1. The van der Waals surface area contributed by atoms with Gasteiger partial charge in [0.15, 0.2) is 0 Å². The number of hydrogen-bond donors (Lipinski definition) is 2. The number of rotatable bonds is 7. The Morgan fingerprint density at radius 1 is 1.65 bits per heavy atom. The van der Waals surface area contributed by atoms with Crippen LogP contribution in [0.2, 0.25) is 0 Å². The molecular formula is C8H13N3O5S. The highest BCUT2D eigenvalue weighted by Crippen LogP contribution is 2.06. The summed E-state index contributed by atoms with van der Waals surface area (Å²) in [7, 11) is -2.29. The average molecular weight is 263 g/mol. The van der Waals surface area contributed by atoms with Crippen LogP contribution in [-0.4, -0.2) is 49.5 Å². The van der Waals surface area contributed by atoms with Gasteiger partial charge in [-0.05, 0) is 0 Å². The average Bonchev–Trinajstić information content (AvgIpc) is 2.73. The smallest absolute Gasteiger partial charge is 0.318 e. The van der Waals surface area contributed by atoms with E-state index in [1.165, 1.54) is 18.0 Å². The molecule has 9 heteroatoms. The second-order valence-corrected chi connectivity index (χ2v) is 4.92. The maximum Gasteiger partial charge on any atom is 0.318 e. The van der Waals surface area contributed by atoms with Gasteiger partial charge >= 0.3 is 5.97 Å². The van der Waals surface area contributed by atoms with Crippen molar-refractivity contribution in [3.63, 3.8) is 0 Å². The van der Waals surface area contributed by atoms with Gasteiger partial charge in [-0.3, -0.25) is 9.48 Å². The molecule has 0 saturated carbocycles. The Hall–Kier alpha value is -1.45. The molecule has 1 heterocycles. The van der Waals surface area contributed by atoms with Gasteiger partial charge in [0, 0.05) is 13.3 Å². The van der Waals surface area contributed by atoms with Gasteiger partial charge in [-0.1, -0.05) is 0 Å². The third-order valence-electron chi connectivity index (χ3n) is 1.86. The number of carboxylic acid groups (broad SMARTS) is 1. The molecule has 0 atom stereocenters. The molecule has 1 aromatic heterocycles. The van der Waals surface area contributed by atoms with Crippen LogP contribution in [0.5, 0.6) is 0 Å². The van der Waals surface area contributed by atoms with E-state index in [4.69, 9.17) is 9.84 Å². The molecular weight excluding hydrogens is 250 g/mol. The van der Waals surface area contributed by atoms with Crippen molar-refractivity contribution in [1.29, 1.82) is 0 Å². The van der Waals surface area contributed by atoms with Crippen LogP contribution >= 0.6 is 0 Å². The van der Waals surface area contributed by atoms with Gasteiger partial charge in [-0.15, -0.1) is 0 Å². The SMILES string of the molecule is COCCn1cc(S(=O)(=O)NCC(=O)O)cn1. The molecule has 0 aliphatic rings. The lowest BCUT2D eigenvalue weighted by Gasteiger charge is -2.01. The summed E-state index contributed by atoms with van der Waals surface area (Å²) in [5.41, 5.74) is 0. The van der Waals surface area contributed by atoms with E-state index < -0.39 is 22.5 Å². The van der Waals surface area contributed by atoms with Crippen LogP contribution in [-0.2, 0) is 26.1 Å². The number of aliphatic carboxylic acids is 1. The topological polar surface area (TPSA) is 111 Å². The van der Waals surface area contributed by atoms with Gasteiger partial charge in [0.1, 0.15) is 11.4 Å². The fraction of sp³-hybridized carbons (Fsp3) is 0.500. The van der Waals surface area contributed by atoms with E-state index in [1.54, 1.807) is 0 Å². The molecule has 0 spiro atoms. The van der Waals surface area contributed by atoms with Gasteiger partial charge in [0.05, 0.1) is 19.3 Å². The summed E-state index contributed by atoms with van der Waals surface area (Å²) in [5.74, 6) is -1.25. The minimum atomic E-state index is -3.81. The van der Waals surface area contributed by atoms with Crippen LogP contribution in [0.15, 0.2) is 17.3 Å². The Bertz CT molecular complexity index is 481. The van der Waals surface area contributed by atoms with E-state index >= 15 is 0 Å². The molecule has 17 heavy (non-hydrogen) atoms. The van der Waals surface area contributed by atoms with Crippen LogP contribution in [0, 0.1) is 0 Å². The fourth-order valence-electron chi connectivity index (χ4n) is 1.03. The molecule has 0 aliphatic heterocycles. The first-order valence-electron chi connectivity index (χ1n) is 4.68. The van der Waals surface area contributed by atoms with E-state index in [2.05, 4.69) is 5.10 Å². The standard InChI is InChI=1S/C8H13N3O5S/c1-16-3-2-11-6-7(4-9-11)17(14,15)10-5-8(12)13/h4,6,10H,2-3,5H2,1H3,(H,12,13). The monoisotopic (exact) mass is 263 g/mol. The number of methoxy groups -OCH3 is 1.